The summed E-state index contributed by atoms with van der Waals surface area (Å²) in [4.78, 5) is 2.00. The second kappa shape index (κ2) is 7.11. The molecule has 5 heteroatoms. The molecule has 0 spiro atoms. The molecular weight excluding hydrogens is 262 g/mol. The SMILES string of the molecule is CC(c1cc(F)ccc1F)N(CCO)CC1CCCN1. The lowest BCUT2D eigenvalue weighted by atomic mass is 10.0. The third kappa shape index (κ3) is 3.75. The van der Waals surface area contributed by atoms with Crippen LogP contribution < -0.4 is 5.32 Å². The summed E-state index contributed by atoms with van der Waals surface area (Å²) >= 11 is 0. The molecule has 1 heterocycles. The van der Waals surface area contributed by atoms with Crippen LogP contribution in [0.2, 0.25) is 0 Å². The first-order chi connectivity index (χ1) is 9.61. The Balaban J connectivity index is 2.12. The number of rotatable bonds is 6. The van der Waals surface area contributed by atoms with Gasteiger partial charge in [0.25, 0.3) is 0 Å². The van der Waals surface area contributed by atoms with Crippen molar-refractivity contribution in [3.8, 4) is 0 Å². The van der Waals surface area contributed by atoms with Gasteiger partial charge in [0.15, 0.2) is 0 Å². The lowest BCUT2D eigenvalue weighted by Gasteiger charge is -2.31. The molecule has 0 aliphatic carbocycles. The zero-order valence-corrected chi connectivity index (χ0v) is 11.8. The Kier molecular flexibility index (Phi) is 5.46. The van der Waals surface area contributed by atoms with Gasteiger partial charge in [-0.05, 0) is 44.5 Å². The maximum atomic E-state index is 13.9. The molecule has 1 aromatic carbocycles. The molecule has 1 aromatic rings. The monoisotopic (exact) mass is 284 g/mol. The van der Waals surface area contributed by atoms with Crippen LogP contribution in [0.4, 0.5) is 8.78 Å². The molecule has 3 nitrogen and oxygen atoms in total. The molecule has 2 atom stereocenters. The van der Waals surface area contributed by atoms with Crippen LogP contribution in [-0.2, 0) is 0 Å². The van der Waals surface area contributed by atoms with Crippen molar-refractivity contribution in [3.63, 3.8) is 0 Å². The molecule has 1 aliphatic heterocycles. The van der Waals surface area contributed by atoms with E-state index in [1.807, 2.05) is 11.8 Å². The Bertz CT molecular complexity index is 436. The highest BCUT2D eigenvalue weighted by molar-refractivity contribution is 5.22. The van der Waals surface area contributed by atoms with Crippen molar-refractivity contribution in [1.82, 2.24) is 10.2 Å². The van der Waals surface area contributed by atoms with Crippen LogP contribution in [0, 0.1) is 11.6 Å². The van der Waals surface area contributed by atoms with Crippen molar-refractivity contribution < 1.29 is 13.9 Å². The molecule has 1 fully saturated rings. The Morgan fingerprint density at radius 2 is 2.25 bits per heavy atom. The molecule has 0 amide bonds. The molecule has 2 N–H and O–H groups in total. The summed E-state index contributed by atoms with van der Waals surface area (Å²) in [5, 5.41) is 12.6. The van der Waals surface area contributed by atoms with E-state index in [9.17, 15) is 13.9 Å². The van der Waals surface area contributed by atoms with Gasteiger partial charge in [0.2, 0.25) is 0 Å². The lowest BCUT2D eigenvalue weighted by Crippen LogP contribution is -2.40. The molecule has 0 saturated carbocycles. The highest BCUT2D eigenvalue weighted by Gasteiger charge is 2.23. The number of nitrogens with zero attached hydrogens (tertiary/aromatic N) is 1. The summed E-state index contributed by atoms with van der Waals surface area (Å²) in [5.41, 5.74) is 0.344. The fourth-order valence-electron chi connectivity index (χ4n) is 2.80. The number of benzene rings is 1. The van der Waals surface area contributed by atoms with E-state index in [1.54, 1.807) is 0 Å². The van der Waals surface area contributed by atoms with Gasteiger partial charge in [0, 0.05) is 30.7 Å². The second-order valence-electron chi connectivity index (χ2n) is 5.35. The van der Waals surface area contributed by atoms with E-state index in [1.165, 1.54) is 6.07 Å². The maximum Gasteiger partial charge on any atom is 0.128 e. The normalized spacial score (nSPS) is 20.6. The second-order valence-corrected chi connectivity index (χ2v) is 5.35. The molecule has 2 rings (SSSR count). The summed E-state index contributed by atoms with van der Waals surface area (Å²) in [6.45, 7) is 4.05. The van der Waals surface area contributed by atoms with Crippen LogP contribution in [0.15, 0.2) is 18.2 Å². The molecule has 1 aliphatic rings. The first-order valence-electron chi connectivity index (χ1n) is 7.15. The number of hydrogen-bond acceptors (Lipinski definition) is 3. The summed E-state index contributed by atoms with van der Waals surface area (Å²) in [7, 11) is 0. The van der Waals surface area contributed by atoms with Gasteiger partial charge in [-0.3, -0.25) is 4.90 Å². The molecular formula is C15H22F2N2O. The largest absolute Gasteiger partial charge is 0.395 e. The molecule has 112 valence electrons. The van der Waals surface area contributed by atoms with Gasteiger partial charge in [-0.25, -0.2) is 8.78 Å². The Hall–Kier alpha value is -1.04. The molecule has 0 aromatic heterocycles. The van der Waals surface area contributed by atoms with Gasteiger partial charge in [-0.15, -0.1) is 0 Å². The number of nitrogens with one attached hydrogen (secondary N) is 1. The van der Waals surface area contributed by atoms with Crippen LogP contribution in [0.3, 0.4) is 0 Å². The smallest absolute Gasteiger partial charge is 0.128 e. The summed E-state index contributed by atoms with van der Waals surface area (Å²) in [5.74, 6) is -0.836. The zero-order chi connectivity index (χ0) is 14.5. The van der Waals surface area contributed by atoms with Crippen molar-refractivity contribution in [2.75, 3.05) is 26.2 Å². The Morgan fingerprint density at radius 1 is 1.45 bits per heavy atom. The minimum Gasteiger partial charge on any atom is -0.395 e. The van der Waals surface area contributed by atoms with E-state index in [2.05, 4.69) is 5.32 Å². The van der Waals surface area contributed by atoms with Crippen molar-refractivity contribution in [1.29, 1.82) is 0 Å². The van der Waals surface area contributed by atoms with Crippen LogP contribution in [0.25, 0.3) is 0 Å². The lowest BCUT2D eigenvalue weighted by molar-refractivity contribution is 0.145. The standard InChI is InChI=1S/C15H22F2N2O/c1-11(14-9-12(16)4-5-15(14)17)19(7-8-20)10-13-3-2-6-18-13/h4-5,9,11,13,18,20H,2-3,6-8,10H2,1H3. The highest BCUT2D eigenvalue weighted by Crippen LogP contribution is 2.24. The Labute approximate surface area is 118 Å². The number of aliphatic hydroxyl groups excluding tert-OH is 1. The summed E-state index contributed by atoms with van der Waals surface area (Å²) in [6.07, 6.45) is 2.22. The van der Waals surface area contributed by atoms with Crippen molar-refractivity contribution in [3.05, 3.63) is 35.4 Å². The van der Waals surface area contributed by atoms with Gasteiger partial charge < -0.3 is 10.4 Å². The minimum atomic E-state index is -0.434. The van der Waals surface area contributed by atoms with Crippen molar-refractivity contribution >= 4 is 0 Å². The van der Waals surface area contributed by atoms with Crippen LogP contribution in [0.1, 0.15) is 31.4 Å². The van der Waals surface area contributed by atoms with Crippen LogP contribution in [-0.4, -0.2) is 42.3 Å². The van der Waals surface area contributed by atoms with Crippen molar-refractivity contribution in [2.45, 2.75) is 31.8 Å². The quantitative estimate of drug-likeness (QED) is 0.839. The van der Waals surface area contributed by atoms with Gasteiger partial charge in [0.1, 0.15) is 11.6 Å². The van der Waals surface area contributed by atoms with E-state index in [0.29, 0.717) is 18.2 Å². The fraction of sp³-hybridized carbons (Fsp3) is 0.600. The van der Waals surface area contributed by atoms with E-state index in [0.717, 1.165) is 38.1 Å². The van der Waals surface area contributed by atoms with E-state index in [-0.39, 0.29) is 12.6 Å². The van der Waals surface area contributed by atoms with Gasteiger partial charge in [-0.1, -0.05) is 0 Å². The number of halogens is 2. The van der Waals surface area contributed by atoms with E-state index in [4.69, 9.17) is 0 Å². The molecule has 0 radical (unpaired) electrons. The van der Waals surface area contributed by atoms with Gasteiger partial charge >= 0.3 is 0 Å². The van der Waals surface area contributed by atoms with Crippen LogP contribution >= 0.6 is 0 Å². The van der Waals surface area contributed by atoms with E-state index < -0.39 is 11.6 Å². The predicted molar refractivity (Wildman–Crippen MR) is 74.5 cm³/mol. The third-order valence-electron chi connectivity index (χ3n) is 3.96. The predicted octanol–water partition coefficient (Wildman–Crippen LogP) is 2.07. The topological polar surface area (TPSA) is 35.5 Å². The maximum absolute atomic E-state index is 13.9. The Morgan fingerprint density at radius 3 is 2.90 bits per heavy atom. The highest BCUT2D eigenvalue weighted by atomic mass is 19.1. The first-order valence-corrected chi connectivity index (χ1v) is 7.15. The number of hydrogen-bond donors (Lipinski definition) is 2. The third-order valence-corrected chi connectivity index (χ3v) is 3.96. The molecule has 1 saturated heterocycles. The zero-order valence-electron chi connectivity index (χ0n) is 11.8. The van der Waals surface area contributed by atoms with Crippen molar-refractivity contribution in [2.24, 2.45) is 0 Å². The van der Waals surface area contributed by atoms with E-state index >= 15 is 0 Å². The van der Waals surface area contributed by atoms with Crippen LogP contribution in [0.5, 0.6) is 0 Å². The summed E-state index contributed by atoms with van der Waals surface area (Å²) in [6, 6.07) is 3.62. The fourth-order valence-corrected chi connectivity index (χ4v) is 2.80. The first kappa shape index (κ1) is 15.4. The molecule has 2 unspecified atom stereocenters. The minimum absolute atomic E-state index is 0.00793. The molecule has 20 heavy (non-hydrogen) atoms. The molecule has 0 bridgehead atoms. The van der Waals surface area contributed by atoms with Gasteiger partial charge in [0.05, 0.1) is 6.61 Å². The average Bonchev–Trinajstić information content (AvgIpc) is 2.93. The number of aliphatic hydroxyl groups is 1. The summed E-state index contributed by atoms with van der Waals surface area (Å²) < 4.78 is 27.2. The van der Waals surface area contributed by atoms with Gasteiger partial charge in [-0.2, -0.15) is 0 Å². The average molecular weight is 284 g/mol.